The van der Waals surface area contributed by atoms with Crippen molar-refractivity contribution >= 4 is 0 Å². The molecule has 2 unspecified atom stereocenters. The first-order valence-electron chi connectivity index (χ1n) is 7.11. The van der Waals surface area contributed by atoms with E-state index in [2.05, 4.69) is 5.32 Å². The lowest BCUT2D eigenvalue weighted by Crippen LogP contribution is -2.31. The lowest BCUT2D eigenvalue weighted by Gasteiger charge is -2.21. The number of halogens is 3. The molecular formula is C17H18F3NO2. The summed E-state index contributed by atoms with van der Waals surface area (Å²) in [5.41, 5.74) is 0.942. The molecule has 2 aromatic carbocycles. The van der Waals surface area contributed by atoms with E-state index in [0.717, 1.165) is 12.1 Å². The van der Waals surface area contributed by atoms with Crippen LogP contribution in [-0.2, 0) is 6.54 Å². The summed E-state index contributed by atoms with van der Waals surface area (Å²) in [4.78, 5) is 0. The number of aliphatic hydroxyl groups excluding tert-OH is 1. The highest BCUT2D eigenvalue weighted by molar-refractivity contribution is 5.29. The van der Waals surface area contributed by atoms with E-state index >= 15 is 0 Å². The highest BCUT2D eigenvalue weighted by atomic mass is 19.2. The Kier molecular flexibility index (Phi) is 5.63. The predicted molar refractivity (Wildman–Crippen MR) is 80.6 cm³/mol. The summed E-state index contributed by atoms with van der Waals surface area (Å²) in [5.74, 6) is -2.29. The number of benzene rings is 2. The highest BCUT2D eigenvalue weighted by Gasteiger charge is 2.17. The Morgan fingerprint density at radius 2 is 1.78 bits per heavy atom. The van der Waals surface area contributed by atoms with Gasteiger partial charge in [-0.05, 0) is 42.3 Å². The molecule has 2 aromatic rings. The van der Waals surface area contributed by atoms with E-state index in [1.54, 1.807) is 13.0 Å². The summed E-state index contributed by atoms with van der Waals surface area (Å²) in [5, 5.41) is 13.2. The largest absolute Gasteiger partial charge is 0.494 e. The second-order valence-corrected chi connectivity index (χ2v) is 5.26. The summed E-state index contributed by atoms with van der Waals surface area (Å²) in [6.45, 7) is 2.01. The van der Waals surface area contributed by atoms with Gasteiger partial charge in [0.1, 0.15) is 0 Å². The smallest absolute Gasteiger partial charge is 0.165 e. The van der Waals surface area contributed by atoms with Crippen molar-refractivity contribution in [3.05, 3.63) is 65.0 Å². The molecule has 0 amide bonds. The number of aliphatic hydroxyl groups is 1. The molecule has 2 N–H and O–H groups in total. The maximum atomic E-state index is 13.6. The summed E-state index contributed by atoms with van der Waals surface area (Å²) in [6.07, 6.45) is -1.02. The van der Waals surface area contributed by atoms with Crippen molar-refractivity contribution in [1.29, 1.82) is 0 Å². The van der Waals surface area contributed by atoms with Gasteiger partial charge in [0.2, 0.25) is 0 Å². The molecule has 0 aliphatic heterocycles. The Hall–Kier alpha value is -2.05. The first kappa shape index (κ1) is 17.3. The molecule has 0 heterocycles. The third-order valence-electron chi connectivity index (χ3n) is 3.60. The average molecular weight is 325 g/mol. The number of methoxy groups -OCH3 is 1. The van der Waals surface area contributed by atoms with Gasteiger partial charge in [-0.25, -0.2) is 13.2 Å². The van der Waals surface area contributed by atoms with Crippen molar-refractivity contribution in [2.45, 2.75) is 25.6 Å². The molecule has 0 fully saturated rings. The Balaban J connectivity index is 1.99. The van der Waals surface area contributed by atoms with E-state index in [1.165, 1.54) is 25.3 Å². The number of hydrogen-bond donors (Lipinski definition) is 2. The van der Waals surface area contributed by atoms with Gasteiger partial charge in [0.25, 0.3) is 0 Å². The van der Waals surface area contributed by atoms with Crippen LogP contribution in [-0.4, -0.2) is 18.3 Å². The zero-order valence-electron chi connectivity index (χ0n) is 12.8. The average Bonchev–Trinajstić information content (AvgIpc) is 2.54. The molecule has 2 rings (SSSR count). The molecule has 0 aliphatic carbocycles. The van der Waals surface area contributed by atoms with E-state index < -0.39 is 29.6 Å². The minimum absolute atomic E-state index is 0.156. The van der Waals surface area contributed by atoms with Crippen molar-refractivity contribution in [3.63, 3.8) is 0 Å². The molecule has 0 bridgehead atoms. The van der Waals surface area contributed by atoms with Crippen molar-refractivity contribution in [2.75, 3.05) is 7.11 Å². The van der Waals surface area contributed by atoms with Crippen LogP contribution in [0.25, 0.3) is 0 Å². The van der Waals surface area contributed by atoms with Crippen molar-refractivity contribution in [1.82, 2.24) is 5.32 Å². The predicted octanol–water partition coefficient (Wildman–Crippen LogP) is 3.32. The molecule has 0 saturated heterocycles. The lowest BCUT2D eigenvalue weighted by molar-refractivity contribution is 0.135. The SMILES string of the molecule is COc1ccc(CNC(C)C(O)c2ccc(F)c(F)c2)cc1F. The van der Waals surface area contributed by atoms with Crippen LogP contribution >= 0.6 is 0 Å². The van der Waals surface area contributed by atoms with Crippen molar-refractivity contribution in [3.8, 4) is 5.75 Å². The van der Waals surface area contributed by atoms with E-state index in [-0.39, 0.29) is 11.3 Å². The maximum absolute atomic E-state index is 13.6. The molecule has 0 spiro atoms. The number of hydrogen-bond acceptors (Lipinski definition) is 3. The maximum Gasteiger partial charge on any atom is 0.165 e. The quantitative estimate of drug-likeness (QED) is 0.856. The summed E-state index contributed by atoms with van der Waals surface area (Å²) < 4.78 is 44.6. The Morgan fingerprint density at radius 3 is 2.39 bits per heavy atom. The second kappa shape index (κ2) is 7.48. The van der Waals surface area contributed by atoms with Gasteiger partial charge < -0.3 is 15.2 Å². The van der Waals surface area contributed by atoms with Crippen LogP contribution in [0.1, 0.15) is 24.2 Å². The van der Waals surface area contributed by atoms with Crippen LogP contribution in [0, 0.1) is 17.5 Å². The van der Waals surface area contributed by atoms with Gasteiger partial charge in [-0.2, -0.15) is 0 Å². The van der Waals surface area contributed by atoms with Crippen molar-refractivity contribution in [2.24, 2.45) is 0 Å². The topological polar surface area (TPSA) is 41.5 Å². The summed E-state index contributed by atoms with van der Waals surface area (Å²) in [6, 6.07) is 7.38. The molecule has 0 radical (unpaired) electrons. The number of rotatable bonds is 6. The highest BCUT2D eigenvalue weighted by Crippen LogP contribution is 2.21. The van der Waals surface area contributed by atoms with E-state index in [0.29, 0.717) is 12.1 Å². The standard InChI is InChI=1S/C17H18F3NO2/c1-10(17(22)12-4-5-13(18)14(19)8-12)21-9-11-3-6-16(23-2)15(20)7-11/h3-8,10,17,21-22H,9H2,1-2H3. The Morgan fingerprint density at radius 1 is 1.04 bits per heavy atom. The monoisotopic (exact) mass is 325 g/mol. The van der Waals surface area contributed by atoms with Crippen LogP contribution in [0.15, 0.2) is 36.4 Å². The third-order valence-corrected chi connectivity index (χ3v) is 3.60. The van der Waals surface area contributed by atoms with E-state index in [4.69, 9.17) is 4.74 Å². The fourth-order valence-corrected chi connectivity index (χ4v) is 2.20. The molecule has 6 heteroatoms. The summed E-state index contributed by atoms with van der Waals surface area (Å²) >= 11 is 0. The zero-order valence-corrected chi connectivity index (χ0v) is 12.8. The fraction of sp³-hybridized carbons (Fsp3) is 0.294. The van der Waals surface area contributed by atoms with Crippen LogP contribution in [0.2, 0.25) is 0 Å². The minimum Gasteiger partial charge on any atom is -0.494 e. The van der Waals surface area contributed by atoms with Crippen LogP contribution in [0.5, 0.6) is 5.75 Å². The van der Waals surface area contributed by atoms with Gasteiger partial charge in [0.15, 0.2) is 23.2 Å². The van der Waals surface area contributed by atoms with Crippen LogP contribution < -0.4 is 10.1 Å². The minimum atomic E-state index is -1.02. The van der Waals surface area contributed by atoms with Crippen LogP contribution in [0.4, 0.5) is 13.2 Å². The first-order chi connectivity index (χ1) is 10.9. The Labute approximate surface area is 132 Å². The lowest BCUT2D eigenvalue weighted by atomic mass is 10.0. The van der Waals surface area contributed by atoms with Crippen LogP contribution in [0.3, 0.4) is 0 Å². The molecule has 0 aliphatic rings. The molecule has 23 heavy (non-hydrogen) atoms. The van der Waals surface area contributed by atoms with Gasteiger partial charge in [-0.3, -0.25) is 0 Å². The van der Waals surface area contributed by atoms with E-state index in [1.807, 2.05) is 0 Å². The summed E-state index contributed by atoms with van der Waals surface area (Å²) in [7, 11) is 1.39. The van der Waals surface area contributed by atoms with Gasteiger partial charge in [0.05, 0.1) is 13.2 Å². The molecule has 2 atom stereocenters. The molecular weight excluding hydrogens is 307 g/mol. The van der Waals surface area contributed by atoms with E-state index in [9.17, 15) is 18.3 Å². The normalized spacial score (nSPS) is 13.7. The van der Waals surface area contributed by atoms with Crippen molar-refractivity contribution < 1.29 is 23.0 Å². The molecule has 124 valence electrons. The fourth-order valence-electron chi connectivity index (χ4n) is 2.20. The van der Waals surface area contributed by atoms with Gasteiger partial charge in [0, 0.05) is 12.6 Å². The van der Waals surface area contributed by atoms with Gasteiger partial charge in [-0.1, -0.05) is 12.1 Å². The Bertz CT molecular complexity index is 679. The number of ether oxygens (including phenoxy) is 1. The zero-order chi connectivity index (χ0) is 17.0. The molecule has 0 aromatic heterocycles. The third kappa shape index (κ3) is 4.24. The second-order valence-electron chi connectivity index (χ2n) is 5.26. The first-order valence-corrected chi connectivity index (χ1v) is 7.11. The molecule has 3 nitrogen and oxygen atoms in total. The number of nitrogens with one attached hydrogen (secondary N) is 1. The van der Waals surface area contributed by atoms with Gasteiger partial charge >= 0.3 is 0 Å². The molecule has 0 saturated carbocycles. The van der Waals surface area contributed by atoms with Gasteiger partial charge in [-0.15, -0.1) is 0 Å².